The number of aryl methyl sites for hydroxylation is 1. The minimum Gasteiger partial charge on any atom is -0.508 e. The van der Waals surface area contributed by atoms with E-state index in [4.69, 9.17) is 4.74 Å². The molecule has 5 nitrogen and oxygen atoms in total. The molecule has 0 saturated carbocycles. The smallest absolute Gasteiger partial charge is 0.339 e. The van der Waals surface area contributed by atoms with Gasteiger partial charge in [-0.15, -0.1) is 0 Å². The molecule has 0 bridgehead atoms. The fourth-order valence-corrected chi connectivity index (χ4v) is 2.89. The van der Waals surface area contributed by atoms with Crippen molar-refractivity contribution in [3.8, 4) is 5.75 Å². The first-order valence-corrected chi connectivity index (χ1v) is 7.95. The van der Waals surface area contributed by atoms with E-state index in [0.29, 0.717) is 6.54 Å². The number of fused-ring (bicyclic) bond motifs is 1. The summed E-state index contributed by atoms with van der Waals surface area (Å²) in [5.41, 5.74) is 2.23. The summed E-state index contributed by atoms with van der Waals surface area (Å²) in [5.74, 6) is -0.888. The number of nitrogens with zero attached hydrogens (tertiary/aromatic N) is 1. The molecule has 0 aliphatic carbocycles. The van der Waals surface area contributed by atoms with Crippen molar-refractivity contribution in [3.63, 3.8) is 0 Å². The van der Waals surface area contributed by atoms with Crippen LogP contribution < -0.4 is 4.90 Å². The van der Waals surface area contributed by atoms with Gasteiger partial charge >= 0.3 is 5.97 Å². The molecule has 124 valence electrons. The third-order valence-corrected chi connectivity index (χ3v) is 4.09. The molecular formula is C19H19NO4. The first kappa shape index (κ1) is 16.1. The van der Waals surface area contributed by atoms with Crippen molar-refractivity contribution in [2.75, 3.05) is 11.4 Å². The number of hydrogen-bond donors (Lipinski definition) is 1. The molecular weight excluding hydrogens is 306 g/mol. The van der Waals surface area contributed by atoms with Crippen LogP contribution in [0.3, 0.4) is 0 Å². The van der Waals surface area contributed by atoms with Crippen molar-refractivity contribution < 1.29 is 19.4 Å². The predicted molar refractivity (Wildman–Crippen MR) is 90.1 cm³/mol. The molecule has 1 heterocycles. The van der Waals surface area contributed by atoms with Crippen LogP contribution in [0.2, 0.25) is 0 Å². The molecule has 2 aromatic rings. The average molecular weight is 325 g/mol. The molecule has 0 fully saturated rings. The molecule has 0 spiro atoms. The quantitative estimate of drug-likeness (QED) is 0.881. The summed E-state index contributed by atoms with van der Waals surface area (Å²) < 4.78 is 5.28. The zero-order valence-electron chi connectivity index (χ0n) is 13.4. The molecule has 2 aromatic carbocycles. The highest BCUT2D eigenvalue weighted by Gasteiger charge is 2.28. The third-order valence-electron chi connectivity index (χ3n) is 4.09. The number of carbonyl (C=O) groups is 2. The number of hydrogen-bond acceptors (Lipinski definition) is 4. The zero-order chi connectivity index (χ0) is 17.1. The van der Waals surface area contributed by atoms with Crippen LogP contribution in [0.15, 0.2) is 48.5 Å². The second-order valence-electron chi connectivity index (χ2n) is 5.82. The van der Waals surface area contributed by atoms with Gasteiger partial charge in [0.15, 0.2) is 6.10 Å². The van der Waals surface area contributed by atoms with Gasteiger partial charge in [0.2, 0.25) is 0 Å². The van der Waals surface area contributed by atoms with E-state index in [9.17, 15) is 14.7 Å². The lowest BCUT2D eigenvalue weighted by Crippen LogP contribution is -2.42. The number of para-hydroxylation sites is 1. The van der Waals surface area contributed by atoms with Gasteiger partial charge in [-0.3, -0.25) is 4.79 Å². The second kappa shape index (κ2) is 6.74. The van der Waals surface area contributed by atoms with Crippen LogP contribution in [0.5, 0.6) is 5.75 Å². The Hall–Kier alpha value is -2.82. The summed E-state index contributed by atoms with van der Waals surface area (Å²) in [4.78, 5) is 26.5. The third kappa shape index (κ3) is 3.25. The molecule has 24 heavy (non-hydrogen) atoms. The van der Waals surface area contributed by atoms with Gasteiger partial charge in [0.1, 0.15) is 5.75 Å². The number of amides is 1. The van der Waals surface area contributed by atoms with Crippen LogP contribution in [0.25, 0.3) is 0 Å². The number of anilines is 1. The van der Waals surface area contributed by atoms with Gasteiger partial charge in [-0.2, -0.15) is 0 Å². The van der Waals surface area contributed by atoms with Crippen molar-refractivity contribution in [2.24, 2.45) is 0 Å². The average Bonchev–Trinajstić information content (AvgIpc) is 2.60. The molecule has 1 aliphatic rings. The maximum Gasteiger partial charge on any atom is 0.339 e. The number of benzene rings is 2. The number of phenols is 1. The Morgan fingerprint density at radius 2 is 1.96 bits per heavy atom. The van der Waals surface area contributed by atoms with E-state index in [1.54, 1.807) is 17.9 Å². The van der Waals surface area contributed by atoms with Crippen molar-refractivity contribution in [3.05, 3.63) is 59.7 Å². The Balaban J connectivity index is 1.73. The molecule has 1 N–H and O–H groups in total. The first-order chi connectivity index (χ1) is 11.6. The number of carbonyl (C=O) groups excluding carboxylic acids is 2. The van der Waals surface area contributed by atoms with Crippen LogP contribution in [0.4, 0.5) is 5.69 Å². The van der Waals surface area contributed by atoms with E-state index in [1.807, 2.05) is 24.3 Å². The van der Waals surface area contributed by atoms with E-state index in [1.165, 1.54) is 18.2 Å². The van der Waals surface area contributed by atoms with Crippen LogP contribution in [-0.4, -0.2) is 29.6 Å². The van der Waals surface area contributed by atoms with Crippen molar-refractivity contribution in [1.29, 1.82) is 0 Å². The predicted octanol–water partition coefficient (Wildman–Crippen LogP) is 2.92. The highest BCUT2D eigenvalue weighted by atomic mass is 16.5. The molecule has 0 saturated heterocycles. The Kier molecular flexibility index (Phi) is 4.51. The number of aromatic hydroxyl groups is 1. The van der Waals surface area contributed by atoms with Gasteiger partial charge in [0.05, 0.1) is 5.56 Å². The van der Waals surface area contributed by atoms with Crippen LogP contribution in [-0.2, 0) is 16.0 Å². The summed E-state index contributed by atoms with van der Waals surface area (Å²) in [6.07, 6.45) is 0.930. The Labute approximate surface area is 140 Å². The van der Waals surface area contributed by atoms with Gasteiger partial charge in [-0.1, -0.05) is 24.3 Å². The van der Waals surface area contributed by atoms with E-state index < -0.39 is 12.1 Å². The molecule has 1 aliphatic heterocycles. The first-order valence-electron chi connectivity index (χ1n) is 7.95. The van der Waals surface area contributed by atoms with Crippen molar-refractivity contribution in [2.45, 2.75) is 25.9 Å². The molecule has 0 unspecified atom stereocenters. The van der Waals surface area contributed by atoms with Gasteiger partial charge in [0.25, 0.3) is 5.91 Å². The van der Waals surface area contributed by atoms with Crippen LogP contribution in [0.1, 0.15) is 29.3 Å². The lowest BCUT2D eigenvalue weighted by Gasteiger charge is -2.31. The summed E-state index contributed by atoms with van der Waals surface area (Å²) in [6.45, 7) is 2.18. The van der Waals surface area contributed by atoms with E-state index >= 15 is 0 Å². The van der Waals surface area contributed by atoms with Gasteiger partial charge in [0, 0.05) is 12.2 Å². The zero-order valence-corrected chi connectivity index (χ0v) is 13.4. The highest BCUT2D eigenvalue weighted by molar-refractivity contribution is 5.99. The molecule has 1 atom stereocenters. The molecule has 0 aromatic heterocycles. The Bertz CT molecular complexity index is 771. The minimum atomic E-state index is -0.897. The van der Waals surface area contributed by atoms with Gasteiger partial charge < -0.3 is 14.7 Å². The second-order valence-corrected chi connectivity index (χ2v) is 5.82. The molecule has 5 heteroatoms. The van der Waals surface area contributed by atoms with E-state index in [-0.39, 0.29) is 17.2 Å². The number of phenolic OH excluding ortho intramolecular Hbond substituents is 1. The Morgan fingerprint density at radius 3 is 2.75 bits per heavy atom. The standard InChI is InChI=1S/C19H19NO4/c1-13(24-19(23)15-7-4-9-16(21)12-15)18(22)20-11-5-8-14-6-2-3-10-17(14)20/h2-4,6-7,9-10,12-13,21H,5,8,11H2,1H3/t13-/m0/s1. The normalized spacial score (nSPS) is 14.6. The summed E-state index contributed by atoms with van der Waals surface area (Å²) >= 11 is 0. The maximum atomic E-state index is 12.7. The number of ether oxygens (including phenoxy) is 1. The summed E-state index contributed by atoms with van der Waals surface area (Å²) in [7, 11) is 0. The summed E-state index contributed by atoms with van der Waals surface area (Å²) in [5, 5.41) is 9.44. The van der Waals surface area contributed by atoms with Crippen molar-refractivity contribution >= 4 is 17.6 Å². The Morgan fingerprint density at radius 1 is 1.17 bits per heavy atom. The highest BCUT2D eigenvalue weighted by Crippen LogP contribution is 2.27. The maximum absolute atomic E-state index is 12.7. The largest absolute Gasteiger partial charge is 0.508 e. The topological polar surface area (TPSA) is 66.8 Å². The van der Waals surface area contributed by atoms with E-state index in [2.05, 4.69) is 0 Å². The lowest BCUT2D eigenvalue weighted by atomic mass is 10.0. The van der Waals surface area contributed by atoms with Gasteiger partial charge in [-0.25, -0.2) is 4.79 Å². The molecule has 0 radical (unpaired) electrons. The lowest BCUT2D eigenvalue weighted by molar-refractivity contribution is -0.126. The monoisotopic (exact) mass is 325 g/mol. The van der Waals surface area contributed by atoms with E-state index in [0.717, 1.165) is 24.1 Å². The number of rotatable bonds is 3. The van der Waals surface area contributed by atoms with Crippen molar-refractivity contribution in [1.82, 2.24) is 0 Å². The fourth-order valence-electron chi connectivity index (χ4n) is 2.89. The fraction of sp³-hybridized carbons (Fsp3) is 0.263. The van der Waals surface area contributed by atoms with Gasteiger partial charge in [-0.05, 0) is 49.6 Å². The van der Waals surface area contributed by atoms with Crippen LogP contribution >= 0.6 is 0 Å². The minimum absolute atomic E-state index is 0.0200. The molecule has 3 rings (SSSR count). The summed E-state index contributed by atoms with van der Waals surface area (Å²) in [6, 6.07) is 13.7. The SMILES string of the molecule is C[C@H](OC(=O)c1cccc(O)c1)C(=O)N1CCCc2ccccc21. The number of esters is 1. The van der Waals surface area contributed by atoms with Crippen LogP contribution in [0, 0.1) is 0 Å². The molecule has 1 amide bonds.